The highest BCUT2D eigenvalue weighted by molar-refractivity contribution is 5.95. The Morgan fingerprint density at radius 3 is 2.96 bits per heavy atom. The molecule has 26 heavy (non-hydrogen) atoms. The first kappa shape index (κ1) is 21.2. The molecular weight excluding hydrogens is 352 g/mol. The van der Waals surface area contributed by atoms with Crippen LogP contribution in [0.15, 0.2) is 24.3 Å². The average Bonchev–Trinajstić information content (AvgIpc) is 2.61. The first-order chi connectivity index (χ1) is 12.1. The summed E-state index contributed by atoms with van der Waals surface area (Å²) in [6, 6.07) is 7.62. The molecule has 0 radical (unpaired) electrons. The van der Waals surface area contributed by atoms with Crippen molar-refractivity contribution >= 4 is 24.0 Å². The van der Waals surface area contributed by atoms with Gasteiger partial charge in [-0.15, -0.1) is 12.4 Å². The van der Waals surface area contributed by atoms with Gasteiger partial charge in [0.1, 0.15) is 6.04 Å². The first-order valence-electron chi connectivity index (χ1n) is 9.48. The number of carbonyl (C=O) groups is 1. The smallest absolute Gasteiger partial charge is 0.244 e. The topological polar surface area (TPSA) is 59.6 Å². The number of rotatable bonds is 5. The van der Waals surface area contributed by atoms with E-state index >= 15 is 0 Å². The molecule has 3 rings (SSSR count). The lowest BCUT2D eigenvalue weighted by atomic mass is 9.89. The Bertz CT molecular complexity index is 584. The average molecular weight is 383 g/mol. The van der Waals surface area contributed by atoms with Crippen LogP contribution >= 0.6 is 12.4 Å². The molecule has 1 saturated carbocycles. The molecule has 2 aliphatic rings. The van der Waals surface area contributed by atoms with Crippen LogP contribution in [0, 0.1) is 5.92 Å². The summed E-state index contributed by atoms with van der Waals surface area (Å²) >= 11 is 0. The molecule has 1 aliphatic heterocycles. The lowest BCUT2D eigenvalue weighted by molar-refractivity contribution is -0.123. The molecule has 0 aromatic heterocycles. The second kappa shape index (κ2) is 10.3. The summed E-state index contributed by atoms with van der Waals surface area (Å²) in [7, 11) is 0. The predicted molar refractivity (Wildman–Crippen MR) is 106 cm³/mol. The van der Waals surface area contributed by atoms with Gasteiger partial charge in [-0.1, -0.05) is 31.9 Å². The van der Waals surface area contributed by atoms with Crippen LogP contribution in [-0.4, -0.2) is 37.3 Å². The highest BCUT2D eigenvalue weighted by atomic mass is 35.5. The highest BCUT2D eigenvalue weighted by Gasteiger charge is 2.28. The predicted octanol–water partition coefficient (Wildman–Crippen LogP) is 3.52. The van der Waals surface area contributed by atoms with Crippen LogP contribution in [0.1, 0.15) is 45.1 Å². The molecule has 1 heterocycles. The van der Waals surface area contributed by atoms with Crippen LogP contribution in [0.25, 0.3) is 0 Å². The fourth-order valence-electron chi connectivity index (χ4n) is 3.73. The van der Waals surface area contributed by atoms with E-state index in [4.69, 9.17) is 9.47 Å². The molecule has 0 bridgehead atoms. The Kier molecular flexibility index (Phi) is 8.35. The molecule has 2 fully saturated rings. The van der Waals surface area contributed by atoms with Gasteiger partial charge in [0.2, 0.25) is 5.91 Å². The van der Waals surface area contributed by atoms with Gasteiger partial charge in [0, 0.05) is 12.2 Å². The van der Waals surface area contributed by atoms with E-state index in [1.807, 2.05) is 31.2 Å². The number of halogens is 1. The third kappa shape index (κ3) is 5.95. The number of anilines is 1. The minimum atomic E-state index is -0.308. The van der Waals surface area contributed by atoms with Gasteiger partial charge < -0.3 is 20.1 Å². The lowest BCUT2D eigenvalue weighted by Crippen LogP contribution is -2.53. The zero-order valence-corrected chi connectivity index (χ0v) is 16.5. The maximum absolute atomic E-state index is 12.4. The van der Waals surface area contributed by atoms with Gasteiger partial charge >= 0.3 is 0 Å². The summed E-state index contributed by atoms with van der Waals surface area (Å²) in [5.41, 5.74) is 1.90. The van der Waals surface area contributed by atoms with E-state index in [2.05, 4.69) is 17.6 Å². The van der Waals surface area contributed by atoms with Crippen LogP contribution < -0.4 is 10.6 Å². The van der Waals surface area contributed by atoms with Crippen molar-refractivity contribution in [2.45, 2.75) is 64.4 Å². The SMILES string of the molecule is CC1CCCC(OCc2cccc(NC(=O)[C@H]3NCCO[C@@H]3C)c2)C1.Cl. The fourth-order valence-corrected chi connectivity index (χ4v) is 3.73. The molecule has 146 valence electrons. The third-order valence-electron chi connectivity index (χ3n) is 5.17. The van der Waals surface area contributed by atoms with Gasteiger partial charge in [0.25, 0.3) is 0 Å². The van der Waals surface area contributed by atoms with E-state index in [-0.39, 0.29) is 30.5 Å². The first-order valence-corrected chi connectivity index (χ1v) is 9.48. The molecule has 6 heteroatoms. The number of amides is 1. The van der Waals surface area contributed by atoms with Crippen LogP contribution in [0.5, 0.6) is 0 Å². The molecule has 5 nitrogen and oxygen atoms in total. The van der Waals surface area contributed by atoms with E-state index in [0.29, 0.717) is 25.9 Å². The fraction of sp³-hybridized carbons (Fsp3) is 0.650. The second-order valence-corrected chi connectivity index (χ2v) is 7.40. The quantitative estimate of drug-likeness (QED) is 0.818. The van der Waals surface area contributed by atoms with Crippen LogP contribution in [0.3, 0.4) is 0 Å². The van der Waals surface area contributed by atoms with E-state index in [1.165, 1.54) is 12.8 Å². The van der Waals surface area contributed by atoms with Gasteiger partial charge in [-0.3, -0.25) is 4.79 Å². The molecule has 2 unspecified atom stereocenters. The minimum Gasteiger partial charge on any atom is -0.375 e. The molecule has 1 aromatic carbocycles. The van der Waals surface area contributed by atoms with Crippen molar-refractivity contribution in [2.75, 3.05) is 18.5 Å². The zero-order chi connectivity index (χ0) is 17.6. The number of nitrogens with one attached hydrogen (secondary N) is 2. The molecular formula is C20H31ClN2O3. The Labute approximate surface area is 162 Å². The van der Waals surface area contributed by atoms with Crippen molar-refractivity contribution in [3.63, 3.8) is 0 Å². The molecule has 1 amide bonds. The van der Waals surface area contributed by atoms with Crippen molar-refractivity contribution in [1.82, 2.24) is 5.32 Å². The summed E-state index contributed by atoms with van der Waals surface area (Å²) < 4.78 is 11.6. The van der Waals surface area contributed by atoms with Gasteiger partial charge in [0.05, 0.1) is 25.4 Å². The Hall–Kier alpha value is -1.14. The van der Waals surface area contributed by atoms with Gasteiger partial charge in [-0.25, -0.2) is 0 Å². The monoisotopic (exact) mass is 382 g/mol. The maximum atomic E-state index is 12.4. The molecule has 1 aliphatic carbocycles. The number of hydrogen-bond donors (Lipinski definition) is 2. The van der Waals surface area contributed by atoms with E-state index < -0.39 is 0 Å². The molecule has 4 atom stereocenters. The van der Waals surface area contributed by atoms with Crippen LogP contribution in [-0.2, 0) is 20.9 Å². The number of carbonyl (C=O) groups excluding carboxylic acids is 1. The molecule has 1 saturated heterocycles. The summed E-state index contributed by atoms with van der Waals surface area (Å²) in [5, 5.41) is 6.20. The van der Waals surface area contributed by atoms with Crippen LogP contribution in [0.2, 0.25) is 0 Å². The van der Waals surface area contributed by atoms with Gasteiger partial charge in [-0.05, 0) is 43.4 Å². The largest absolute Gasteiger partial charge is 0.375 e. The molecule has 2 N–H and O–H groups in total. The third-order valence-corrected chi connectivity index (χ3v) is 5.17. The minimum absolute atomic E-state index is 0. The van der Waals surface area contributed by atoms with Gasteiger partial charge in [-0.2, -0.15) is 0 Å². The maximum Gasteiger partial charge on any atom is 0.244 e. The van der Waals surface area contributed by atoms with Crippen molar-refractivity contribution in [3.05, 3.63) is 29.8 Å². The number of morpholine rings is 1. The second-order valence-electron chi connectivity index (χ2n) is 7.40. The zero-order valence-electron chi connectivity index (χ0n) is 15.7. The Morgan fingerprint density at radius 1 is 1.35 bits per heavy atom. The van der Waals surface area contributed by atoms with Crippen molar-refractivity contribution in [3.8, 4) is 0 Å². The Balaban J connectivity index is 0.00000243. The summed E-state index contributed by atoms with van der Waals surface area (Å²) in [6.45, 7) is 6.18. The van der Waals surface area contributed by atoms with Crippen LogP contribution in [0.4, 0.5) is 5.69 Å². The van der Waals surface area contributed by atoms with E-state index in [0.717, 1.165) is 30.0 Å². The number of benzene rings is 1. The molecule has 0 spiro atoms. The molecule has 1 aromatic rings. The van der Waals surface area contributed by atoms with Gasteiger partial charge in [0.15, 0.2) is 0 Å². The van der Waals surface area contributed by atoms with E-state index in [9.17, 15) is 4.79 Å². The number of hydrogen-bond acceptors (Lipinski definition) is 4. The summed E-state index contributed by atoms with van der Waals surface area (Å²) in [4.78, 5) is 12.4. The summed E-state index contributed by atoms with van der Waals surface area (Å²) in [5.74, 6) is 0.711. The van der Waals surface area contributed by atoms with E-state index in [1.54, 1.807) is 0 Å². The number of ether oxygens (including phenoxy) is 2. The van der Waals surface area contributed by atoms with Crippen molar-refractivity contribution in [1.29, 1.82) is 0 Å². The summed E-state index contributed by atoms with van der Waals surface area (Å²) in [6.07, 6.45) is 5.14. The standard InChI is InChI=1S/C20H30N2O3.ClH/c1-14-5-3-8-18(11-14)25-13-16-6-4-7-17(12-16)22-20(23)19-15(2)24-10-9-21-19;/h4,6-7,12,14-15,18-19,21H,3,5,8-11,13H2,1-2H3,(H,22,23);1H/t14?,15-,18?,19+;/m1./s1. The highest BCUT2D eigenvalue weighted by Crippen LogP contribution is 2.26. The Morgan fingerprint density at radius 2 is 2.19 bits per heavy atom. The van der Waals surface area contributed by atoms with Crippen molar-refractivity contribution in [2.24, 2.45) is 5.92 Å². The van der Waals surface area contributed by atoms with Crippen molar-refractivity contribution < 1.29 is 14.3 Å². The lowest BCUT2D eigenvalue weighted by Gasteiger charge is -2.29. The normalized spacial score (nSPS) is 28.8.